The van der Waals surface area contributed by atoms with Crippen molar-refractivity contribution in [1.29, 1.82) is 0 Å². The van der Waals surface area contributed by atoms with Crippen LogP contribution in [0.5, 0.6) is 0 Å². The fourth-order valence-corrected chi connectivity index (χ4v) is 5.33. The van der Waals surface area contributed by atoms with E-state index in [0.717, 1.165) is 37.5 Å². The van der Waals surface area contributed by atoms with Crippen LogP contribution in [0.25, 0.3) is 11.0 Å². The number of methoxy groups -OCH3 is 1. The molecule has 4 rings (SSSR count). The molecule has 1 saturated carbocycles. The van der Waals surface area contributed by atoms with Gasteiger partial charge in [0.15, 0.2) is 0 Å². The number of fused-ring (bicyclic) bond motifs is 2. The summed E-state index contributed by atoms with van der Waals surface area (Å²) in [7, 11) is 1.74. The minimum atomic E-state index is -0.289. The molecule has 2 atom stereocenters. The molecule has 0 spiro atoms. The number of imidazole rings is 1. The standard InChI is InChI=1S/C20H26FN3O2/c1-19(2)10-20(12-26-3)11-24(9-16(19)20)18(25)7-6-17-22-14-5-4-13(21)8-15(14)23-17/h4-5,8,16H,6-7,9-12H2,1-3H3,(H,22,23)/t16-,20-/m1/s1. The highest BCUT2D eigenvalue weighted by atomic mass is 19.1. The molecule has 1 N–H and O–H groups in total. The summed E-state index contributed by atoms with van der Waals surface area (Å²) in [6.07, 6.45) is 2.06. The first-order chi connectivity index (χ1) is 12.3. The third-order valence-electron chi connectivity index (χ3n) is 6.25. The number of aromatic amines is 1. The predicted molar refractivity (Wildman–Crippen MR) is 97.1 cm³/mol. The van der Waals surface area contributed by atoms with Crippen molar-refractivity contribution in [3.8, 4) is 0 Å². The zero-order valence-corrected chi connectivity index (χ0v) is 15.6. The van der Waals surface area contributed by atoms with Gasteiger partial charge in [0, 0.05) is 38.5 Å². The molecule has 1 amide bonds. The lowest BCUT2D eigenvalue weighted by molar-refractivity contribution is -0.131. The molecular weight excluding hydrogens is 333 g/mol. The van der Waals surface area contributed by atoms with Crippen LogP contribution in [0.2, 0.25) is 0 Å². The molecule has 5 nitrogen and oxygen atoms in total. The molecule has 1 aliphatic carbocycles. The summed E-state index contributed by atoms with van der Waals surface area (Å²) in [5.41, 5.74) is 1.81. The highest BCUT2D eigenvalue weighted by Crippen LogP contribution is 2.62. The fraction of sp³-hybridized carbons (Fsp3) is 0.600. The summed E-state index contributed by atoms with van der Waals surface area (Å²) >= 11 is 0. The van der Waals surface area contributed by atoms with Crippen LogP contribution < -0.4 is 0 Å². The maximum absolute atomic E-state index is 13.3. The Balaban J connectivity index is 1.40. The Labute approximate surface area is 152 Å². The topological polar surface area (TPSA) is 58.2 Å². The Bertz CT molecular complexity index is 847. The zero-order valence-electron chi connectivity index (χ0n) is 15.6. The van der Waals surface area contributed by atoms with Crippen LogP contribution in [0.3, 0.4) is 0 Å². The molecule has 1 saturated heterocycles. The van der Waals surface area contributed by atoms with Gasteiger partial charge in [-0.1, -0.05) is 13.8 Å². The van der Waals surface area contributed by atoms with Crippen molar-refractivity contribution in [1.82, 2.24) is 14.9 Å². The van der Waals surface area contributed by atoms with Gasteiger partial charge in [-0.2, -0.15) is 0 Å². The molecule has 26 heavy (non-hydrogen) atoms. The number of amides is 1. The molecule has 1 aliphatic heterocycles. The highest BCUT2D eigenvalue weighted by molar-refractivity contribution is 5.78. The van der Waals surface area contributed by atoms with E-state index in [1.165, 1.54) is 12.1 Å². The maximum Gasteiger partial charge on any atom is 0.223 e. The van der Waals surface area contributed by atoms with Gasteiger partial charge in [-0.05, 0) is 36.0 Å². The molecule has 1 aromatic carbocycles. The van der Waals surface area contributed by atoms with Crippen LogP contribution in [0, 0.1) is 22.6 Å². The van der Waals surface area contributed by atoms with Gasteiger partial charge in [-0.25, -0.2) is 9.37 Å². The molecule has 6 heteroatoms. The van der Waals surface area contributed by atoms with Crippen LogP contribution >= 0.6 is 0 Å². The third-order valence-corrected chi connectivity index (χ3v) is 6.25. The number of carbonyl (C=O) groups excluding carboxylic acids is 1. The van der Waals surface area contributed by atoms with Gasteiger partial charge in [0.2, 0.25) is 5.91 Å². The van der Waals surface area contributed by atoms with Crippen molar-refractivity contribution in [2.45, 2.75) is 33.1 Å². The normalized spacial score (nSPS) is 26.8. The minimum Gasteiger partial charge on any atom is -0.384 e. The van der Waals surface area contributed by atoms with Crippen LogP contribution in [0.15, 0.2) is 18.2 Å². The minimum absolute atomic E-state index is 0.130. The second-order valence-electron chi connectivity index (χ2n) is 8.63. The van der Waals surface area contributed by atoms with Crippen molar-refractivity contribution in [2.75, 3.05) is 26.8 Å². The molecule has 0 radical (unpaired) electrons. The van der Waals surface area contributed by atoms with Gasteiger partial charge in [-0.3, -0.25) is 4.79 Å². The van der Waals surface area contributed by atoms with Gasteiger partial charge in [0.1, 0.15) is 11.6 Å². The fourth-order valence-electron chi connectivity index (χ4n) is 5.33. The maximum atomic E-state index is 13.3. The second kappa shape index (κ2) is 6.05. The van der Waals surface area contributed by atoms with Crippen molar-refractivity contribution >= 4 is 16.9 Å². The number of ether oxygens (including phenoxy) is 1. The van der Waals surface area contributed by atoms with Crippen LogP contribution in [-0.2, 0) is 16.0 Å². The van der Waals surface area contributed by atoms with Gasteiger partial charge in [0.05, 0.1) is 17.6 Å². The van der Waals surface area contributed by atoms with E-state index in [0.29, 0.717) is 24.3 Å². The van der Waals surface area contributed by atoms with E-state index in [1.807, 2.05) is 4.90 Å². The summed E-state index contributed by atoms with van der Waals surface area (Å²) in [6.45, 7) is 6.90. The van der Waals surface area contributed by atoms with Gasteiger partial charge in [-0.15, -0.1) is 0 Å². The molecule has 0 bridgehead atoms. The molecular formula is C20H26FN3O2. The smallest absolute Gasteiger partial charge is 0.223 e. The predicted octanol–water partition coefficient (Wildman–Crippen LogP) is 3.16. The lowest BCUT2D eigenvalue weighted by Crippen LogP contribution is -2.55. The number of likely N-dealkylation sites (tertiary alicyclic amines) is 1. The lowest BCUT2D eigenvalue weighted by atomic mass is 9.48. The number of rotatable bonds is 5. The molecule has 0 unspecified atom stereocenters. The number of nitrogens with zero attached hydrogens (tertiary/aromatic N) is 2. The van der Waals surface area contributed by atoms with Gasteiger partial charge in [0.25, 0.3) is 0 Å². The average molecular weight is 359 g/mol. The van der Waals surface area contributed by atoms with E-state index in [9.17, 15) is 9.18 Å². The zero-order chi connectivity index (χ0) is 18.5. The Morgan fingerprint density at radius 2 is 2.27 bits per heavy atom. The van der Waals surface area contributed by atoms with Gasteiger partial charge < -0.3 is 14.6 Å². The Morgan fingerprint density at radius 3 is 3.00 bits per heavy atom. The van der Waals surface area contributed by atoms with E-state index in [2.05, 4.69) is 23.8 Å². The summed E-state index contributed by atoms with van der Waals surface area (Å²) < 4.78 is 18.7. The number of H-pyrrole nitrogens is 1. The molecule has 2 aromatic rings. The van der Waals surface area contributed by atoms with Crippen molar-refractivity contribution in [3.05, 3.63) is 29.8 Å². The van der Waals surface area contributed by atoms with E-state index < -0.39 is 0 Å². The van der Waals surface area contributed by atoms with E-state index in [-0.39, 0.29) is 22.6 Å². The van der Waals surface area contributed by atoms with Gasteiger partial charge >= 0.3 is 0 Å². The number of hydrogen-bond acceptors (Lipinski definition) is 3. The molecule has 140 valence electrons. The van der Waals surface area contributed by atoms with Crippen molar-refractivity contribution in [2.24, 2.45) is 16.7 Å². The van der Waals surface area contributed by atoms with E-state index >= 15 is 0 Å². The molecule has 2 heterocycles. The number of nitrogens with one attached hydrogen (secondary N) is 1. The van der Waals surface area contributed by atoms with Crippen LogP contribution in [0.4, 0.5) is 4.39 Å². The number of benzene rings is 1. The van der Waals surface area contributed by atoms with E-state index in [1.54, 1.807) is 13.2 Å². The highest BCUT2D eigenvalue weighted by Gasteiger charge is 2.63. The van der Waals surface area contributed by atoms with Crippen molar-refractivity contribution in [3.63, 3.8) is 0 Å². The number of halogens is 1. The van der Waals surface area contributed by atoms with Crippen LogP contribution in [-0.4, -0.2) is 47.6 Å². The summed E-state index contributed by atoms with van der Waals surface area (Å²) in [4.78, 5) is 22.3. The molecule has 2 aliphatic rings. The Hall–Kier alpha value is -1.95. The number of aryl methyl sites for hydroxylation is 1. The Morgan fingerprint density at radius 1 is 1.46 bits per heavy atom. The summed E-state index contributed by atoms with van der Waals surface area (Å²) in [6, 6.07) is 4.48. The lowest BCUT2D eigenvalue weighted by Gasteiger charge is -2.56. The summed E-state index contributed by atoms with van der Waals surface area (Å²) in [5, 5.41) is 0. The first-order valence-corrected chi connectivity index (χ1v) is 9.24. The monoisotopic (exact) mass is 359 g/mol. The SMILES string of the molecule is COC[C@@]12CN(C(=O)CCc3nc4ccc(F)cc4[nH]3)C[C@@H]1C(C)(C)C2. The number of aromatic nitrogens is 2. The van der Waals surface area contributed by atoms with Crippen LogP contribution in [0.1, 0.15) is 32.5 Å². The average Bonchev–Trinajstić information content (AvgIpc) is 3.11. The number of carbonyl (C=O) groups is 1. The largest absolute Gasteiger partial charge is 0.384 e. The molecule has 2 fully saturated rings. The number of hydrogen-bond donors (Lipinski definition) is 1. The second-order valence-corrected chi connectivity index (χ2v) is 8.63. The Kier molecular flexibility index (Phi) is 4.06. The summed E-state index contributed by atoms with van der Waals surface area (Å²) in [5.74, 6) is 1.11. The third kappa shape index (κ3) is 2.80. The van der Waals surface area contributed by atoms with Crippen molar-refractivity contribution < 1.29 is 13.9 Å². The first kappa shape index (κ1) is 17.5. The van der Waals surface area contributed by atoms with E-state index in [4.69, 9.17) is 4.74 Å². The quantitative estimate of drug-likeness (QED) is 0.892. The first-order valence-electron chi connectivity index (χ1n) is 9.24. The molecule has 1 aromatic heterocycles.